The lowest BCUT2D eigenvalue weighted by Gasteiger charge is -2.22. The molecule has 0 saturated heterocycles. The van der Waals surface area contributed by atoms with Gasteiger partial charge in [0.1, 0.15) is 12.4 Å². The van der Waals surface area contributed by atoms with Gasteiger partial charge >= 0.3 is 12.1 Å². The number of benzene rings is 3. The summed E-state index contributed by atoms with van der Waals surface area (Å²) in [5.74, 6) is 1.39. The van der Waals surface area contributed by atoms with Crippen LogP contribution in [-0.4, -0.2) is 31.4 Å². The fourth-order valence-electron chi connectivity index (χ4n) is 7.58. The normalized spacial score (nSPS) is 12.2. The van der Waals surface area contributed by atoms with E-state index in [1.807, 2.05) is 60.7 Å². The van der Waals surface area contributed by atoms with Crippen molar-refractivity contribution < 1.29 is 27.8 Å². The number of aromatic nitrogens is 3. The van der Waals surface area contributed by atoms with Gasteiger partial charge in [-0.3, -0.25) is 9.78 Å². The number of ether oxygens (including phenoxy) is 1. The number of fused-ring (bicyclic) bond motifs is 2. The van der Waals surface area contributed by atoms with E-state index in [-0.39, 0.29) is 18.7 Å². The first-order valence-corrected chi connectivity index (χ1v) is 21.5. The lowest BCUT2D eigenvalue weighted by Crippen LogP contribution is -2.27. The third kappa shape index (κ3) is 10.6. The number of alkyl halides is 3. The molecule has 0 radical (unpaired) electrons. The van der Waals surface area contributed by atoms with Crippen LogP contribution in [-0.2, 0) is 30.5 Å². The summed E-state index contributed by atoms with van der Waals surface area (Å²) >= 11 is 1.78. The SMILES string of the molecule is CCCCC(CCCC)CCCSc1c(CC(C)(C)C(=O)O)n(Cc2ccc(-c3ncccc3C(F)(F)F)cc2)c2ccc(OCc3ccc4ccccc4n3)cc12. The maximum Gasteiger partial charge on any atom is 0.418 e. The van der Waals surface area contributed by atoms with E-state index < -0.39 is 23.1 Å². The molecule has 0 saturated carbocycles. The highest BCUT2D eigenvalue weighted by Gasteiger charge is 2.34. The summed E-state index contributed by atoms with van der Waals surface area (Å²) in [6.07, 6.45) is 6.71. The Morgan fingerprint density at radius 1 is 0.879 bits per heavy atom. The standard InChI is InChI=1S/C48H54F3N3O3S/c1-5-7-13-33(14-8-6-2)15-12-28-58-45-39-29-38(57-32-37-24-23-35-16-9-10-18-41(35)53-37)25-26-42(39)54(43(45)30-47(3,4)46(55)56)31-34-19-21-36(22-20-34)44-40(48(49,50)51)17-11-27-52-44/h9-11,16-27,29,33H,5-8,12-15,28,30-32H2,1-4H3,(H,55,56). The molecule has 0 aliphatic carbocycles. The highest BCUT2D eigenvalue weighted by Crippen LogP contribution is 2.41. The summed E-state index contributed by atoms with van der Waals surface area (Å²) in [5.41, 5.74) is 2.85. The van der Waals surface area contributed by atoms with Crippen molar-refractivity contribution in [2.24, 2.45) is 11.3 Å². The molecule has 3 heterocycles. The minimum Gasteiger partial charge on any atom is -0.487 e. The van der Waals surface area contributed by atoms with Crippen molar-refractivity contribution >= 4 is 39.5 Å². The van der Waals surface area contributed by atoms with Crippen molar-refractivity contribution in [3.8, 4) is 17.0 Å². The molecule has 6 rings (SSSR count). The van der Waals surface area contributed by atoms with Gasteiger partial charge in [0.25, 0.3) is 0 Å². The molecule has 0 aliphatic heterocycles. The first kappa shape index (κ1) is 42.8. The number of hydrogen-bond acceptors (Lipinski definition) is 5. The van der Waals surface area contributed by atoms with Gasteiger partial charge in [-0.1, -0.05) is 101 Å². The number of thioether (sulfide) groups is 1. The van der Waals surface area contributed by atoms with E-state index in [4.69, 9.17) is 9.72 Å². The lowest BCUT2D eigenvalue weighted by molar-refractivity contribution is -0.147. The van der Waals surface area contributed by atoms with Gasteiger partial charge < -0.3 is 14.4 Å². The van der Waals surface area contributed by atoms with Crippen molar-refractivity contribution in [3.05, 3.63) is 120 Å². The summed E-state index contributed by atoms with van der Waals surface area (Å²) < 4.78 is 50.1. The highest BCUT2D eigenvalue weighted by atomic mass is 32.2. The number of carboxylic acid groups (broad SMARTS) is 1. The number of halogens is 3. The zero-order chi connectivity index (χ0) is 41.3. The molecule has 6 nitrogen and oxygen atoms in total. The largest absolute Gasteiger partial charge is 0.487 e. The number of carbonyl (C=O) groups is 1. The zero-order valence-electron chi connectivity index (χ0n) is 33.9. The van der Waals surface area contributed by atoms with Gasteiger partial charge in [0.2, 0.25) is 0 Å². The van der Waals surface area contributed by atoms with Crippen molar-refractivity contribution in [2.45, 2.75) is 110 Å². The number of unbranched alkanes of at least 4 members (excludes halogenated alkanes) is 2. The number of pyridine rings is 2. The van der Waals surface area contributed by atoms with E-state index in [2.05, 4.69) is 29.5 Å². The third-order valence-corrected chi connectivity index (χ3v) is 12.2. The predicted octanol–water partition coefficient (Wildman–Crippen LogP) is 13.4. The van der Waals surface area contributed by atoms with Gasteiger partial charge in [0.15, 0.2) is 0 Å². The second-order valence-corrected chi connectivity index (χ2v) is 17.0. The molecule has 0 bridgehead atoms. The number of para-hydroxylation sites is 1. The summed E-state index contributed by atoms with van der Waals surface area (Å²) in [4.78, 5) is 22.5. The van der Waals surface area contributed by atoms with Gasteiger partial charge in [-0.05, 0) is 86.4 Å². The van der Waals surface area contributed by atoms with Crippen LogP contribution in [0.25, 0.3) is 33.1 Å². The first-order chi connectivity index (χ1) is 27.9. The summed E-state index contributed by atoms with van der Waals surface area (Å²) in [7, 11) is 0. The van der Waals surface area contributed by atoms with Crippen LogP contribution >= 0.6 is 11.8 Å². The van der Waals surface area contributed by atoms with Crippen LogP contribution in [0, 0.1) is 11.3 Å². The molecule has 0 aliphatic rings. The van der Waals surface area contributed by atoms with Crippen LogP contribution in [0.2, 0.25) is 0 Å². The summed E-state index contributed by atoms with van der Waals surface area (Å²) in [6, 6.07) is 27.4. The van der Waals surface area contributed by atoms with E-state index in [1.54, 1.807) is 37.7 Å². The molecule has 3 aromatic carbocycles. The number of hydrogen-bond donors (Lipinski definition) is 1. The molecular weight excluding hydrogens is 756 g/mol. The average Bonchev–Trinajstić information content (AvgIpc) is 3.48. The molecule has 0 fully saturated rings. The lowest BCUT2D eigenvalue weighted by atomic mass is 9.88. The molecule has 3 aromatic heterocycles. The van der Waals surface area contributed by atoms with Crippen LogP contribution in [0.1, 0.15) is 102 Å². The molecule has 6 aromatic rings. The third-order valence-electron chi connectivity index (χ3n) is 10.9. The zero-order valence-corrected chi connectivity index (χ0v) is 34.8. The maximum absolute atomic E-state index is 13.9. The average molecular weight is 810 g/mol. The number of carboxylic acids is 1. The van der Waals surface area contributed by atoms with E-state index in [0.29, 0.717) is 23.8 Å². The monoisotopic (exact) mass is 809 g/mol. The van der Waals surface area contributed by atoms with Gasteiger partial charge in [0, 0.05) is 51.6 Å². The minimum atomic E-state index is -4.54. The Morgan fingerprint density at radius 3 is 2.31 bits per heavy atom. The molecule has 306 valence electrons. The fraction of sp³-hybridized carbons (Fsp3) is 0.396. The van der Waals surface area contributed by atoms with E-state index in [1.165, 1.54) is 50.8 Å². The molecule has 0 unspecified atom stereocenters. The topological polar surface area (TPSA) is 77.2 Å². The molecule has 0 atom stereocenters. The van der Waals surface area contributed by atoms with Gasteiger partial charge in [-0.2, -0.15) is 13.2 Å². The van der Waals surface area contributed by atoms with Crippen LogP contribution in [0.15, 0.2) is 102 Å². The van der Waals surface area contributed by atoms with Crippen molar-refractivity contribution in [1.82, 2.24) is 14.5 Å². The van der Waals surface area contributed by atoms with Crippen LogP contribution < -0.4 is 4.74 Å². The second kappa shape index (κ2) is 19.3. The van der Waals surface area contributed by atoms with E-state index in [0.717, 1.165) is 68.3 Å². The Bertz CT molecular complexity index is 2290. The minimum absolute atomic E-state index is 0.117. The Hall–Kier alpha value is -4.83. The first-order valence-electron chi connectivity index (χ1n) is 20.5. The molecule has 0 spiro atoms. The highest BCUT2D eigenvalue weighted by molar-refractivity contribution is 7.99. The van der Waals surface area contributed by atoms with Gasteiger partial charge in [-0.15, -0.1) is 11.8 Å². The molecule has 0 amide bonds. The Kier molecular flexibility index (Phi) is 14.2. The Balaban J connectivity index is 1.36. The smallest absolute Gasteiger partial charge is 0.418 e. The Labute approximate surface area is 344 Å². The van der Waals surface area contributed by atoms with Crippen LogP contribution in [0.5, 0.6) is 5.75 Å². The summed E-state index contributed by atoms with van der Waals surface area (Å²) in [5, 5.41) is 12.4. The van der Waals surface area contributed by atoms with Crippen molar-refractivity contribution in [1.29, 1.82) is 0 Å². The quantitative estimate of drug-likeness (QED) is 0.0611. The fourth-order valence-corrected chi connectivity index (χ4v) is 8.77. The number of aliphatic carboxylic acids is 1. The summed E-state index contributed by atoms with van der Waals surface area (Å²) in [6.45, 7) is 8.68. The number of rotatable bonds is 20. The van der Waals surface area contributed by atoms with Crippen molar-refractivity contribution in [2.75, 3.05) is 5.75 Å². The van der Waals surface area contributed by atoms with Crippen LogP contribution in [0.4, 0.5) is 13.2 Å². The Morgan fingerprint density at radius 2 is 1.60 bits per heavy atom. The molecule has 58 heavy (non-hydrogen) atoms. The maximum atomic E-state index is 13.9. The molecular formula is C48H54F3N3O3S. The predicted molar refractivity (Wildman–Crippen MR) is 229 cm³/mol. The molecule has 10 heteroatoms. The number of nitrogens with zero attached hydrogens (tertiary/aromatic N) is 3. The van der Waals surface area contributed by atoms with E-state index in [9.17, 15) is 23.1 Å². The second-order valence-electron chi connectivity index (χ2n) is 15.9. The van der Waals surface area contributed by atoms with Crippen molar-refractivity contribution in [3.63, 3.8) is 0 Å². The van der Waals surface area contributed by atoms with E-state index >= 15 is 0 Å². The van der Waals surface area contributed by atoms with Gasteiger partial charge in [0.05, 0.1) is 27.9 Å². The molecule has 1 N–H and O–H groups in total. The van der Waals surface area contributed by atoms with Gasteiger partial charge in [-0.25, -0.2) is 4.98 Å². The van der Waals surface area contributed by atoms with Crippen LogP contribution in [0.3, 0.4) is 0 Å².